The Morgan fingerprint density at radius 3 is 2.44 bits per heavy atom. The van der Waals surface area contributed by atoms with Crippen molar-refractivity contribution in [2.75, 3.05) is 19.5 Å². The van der Waals surface area contributed by atoms with Gasteiger partial charge in [0, 0.05) is 18.5 Å². The van der Waals surface area contributed by atoms with E-state index in [1.54, 1.807) is 18.6 Å². The van der Waals surface area contributed by atoms with Crippen LogP contribution in [0.25, 0.3) is 0 Å². The van der Waals surface area contributed by atoms with Gasteiger partial charge in [0.05, 0.1) is 7.11 Å². The highest BCUT2D eigenvalue weighted by Gasteiger charge is 2.26. The van der Waals surface area contributed by atoms with Gasteiger partial charge in [0.1, 0.15) is 0 Å². The van der Waals surface area contributed by atoms with Gasteiger partial charge in [-0.1, -0.05) is 0 Å². The highest BCUT2D eigenvalue weighted by molar-refractivity contribution is 7.87. The quantitative estimate of drug-likeness (QED) is 0.730. The van der Waals surface area contributed by atoms with Gasteiger partial charge in [-0.05, 0) is 20.3 Å². The van der Waals surface area contributed by atoms with Crippen LogP contribution in [0, 0.1) is 0 Å². The third kappa shape index (κ3) is 5.00. The number of carbonyl (C=O) groups is 1. The summed E-state index contributed by atoms with van der Waals surface area (Å²) in [6.07, 6.45) is -0.488. The second-order valence-corrected chi connectivity index (χ2v) is 5.35. The maximum absolute atomic E-state index is 11.7. The molecule has 0 spiro atoms. The molecule has 16 heavy (non-hydrogen) atoms. The predicted molar refractivity (Wildman–Crippen MR) is 61.6 cm³/mol. The molecule has 1 N–H and O–H groups in total. The number of nitrogens with one attached hydrogen (secondary N) is 1. The maximum Gasteiger partial charge on any atom is 0.421 e. The molecule has 0 unspecified atom stereocenters. The number of nitrogens with zero attached hydrogens (tertiary/aromatic N) is 1. The third-order valence-electron chi connectivity index (χ3n) is 1.79. The summed E-state index contributed by atoms with van der Waals surface area (Å²) in [6.45, 7) is 3.68. The molecule has 0 aromatic carbocycles. The molecule has 0 aromatic rings. The standard InChI is InChI=1S/C8H17ClN2O4S/c1-7(2)11(6-4-5-9)16(13,14)10-8(12)15-3/h7H,4-6H2,1-3H3,(H,10,12). The van der Waals surface area contributed by atoms with Gasteiger partial charge in [-0.2, -0.15) is 12.7 Å². The minimum atomic E-state index is -3.86. The van der Waals surface area contributed by atoms with Crippen molar-refractivity contribution in [3.05, 3.63) is 0 Å². The van der Waals surface area contributed by atoms with Crippen LogP contribution in [0.2, 0.25) is 0 Å². The van der Waals surface area contributed by atoms with E-state index in [1.165, 1.54) is 0 Å². The first-order valence-electron chi connectivity index (χ1n) is 4.78. The van der Waals surface area contributed by atoms with Crippen molar-refractivity contribution in [1.29, 1.82) is 0 Å². The van der Waals surface area contributed by atoms with Crippen LogP contribution in [-0.4, -0.2) is 44.4 Å². The lowest BCUT2D eigenvalue weighted by Crippen LogP contribution is -2.47. The summed E-state index contributed by atoms with van der Waals surface area (Å²) < 4.78 is 30.6. The fourth-order valence-electron chi connectivity index (χ4n) is 1.08. The topological polar surface area (TPSA) is 75.7 Å². The van der Waals surface area contributed by atoms with Gasteiger partial charge in [-0.25, -0.2) is 9.52 Å². The van der Waals surface area contributed by atoms with Gasteiger partial charge in [0.2, 0.25) is 0 Å². The van der Waals surface area contributed by atoms with Crippen molar-refractivity contribution in [3.8, 4) is 0 Å². The van der Waals surface area contributed by atoms with Crippen LogP contribution in [0.3, 0.4) is 0 Å². The summed E-state index contributed by atoms with van der Waals surface area (Å²) >= 11 is 5.50. The van der Waals surface area contributed by atoms with E-state index in [1.807, 2.05) is 0 Å². The molecule has 0 aliphatic rings. The van der Waals surface area contributed by atoms with Crippen molar-refractivity contribution < 1.29 is 17.9 Å². The van der Waals surface area contributed by atoms with Gasteiger partial charge < -0.3 is 4.74 Å². The SMILES string of the molecule is COC(=O)NS(=O)(=O)N(CCCCl)C(C)C. The Labute approximate surface area is 101 Å². The Bertz CT molecular complexity index is 318. The lowest BCUT2D eigenvalue weighted by molar-refractivity contribution is 0.176. The molecule has 0 atom stereocenters. The zero-order chi connectivity index (χ0) is 12.8. The van der Waals surface area contributed by atoms with E-state index in [4.69, 9.17) is 11.6 Å². The van der Waals surface area contributed by atoms with Gasteiger partial charge in [-0.3, -0.25) is 0 Å². The Hall–Kier alpha value is -0.530. The summed E-state index contributed by atoms with van der Waals surface area (Å²) in [7, 11) is -2.75. The monoisotopic (exact) mass is 272 g/mol. The number of hydrogen-bond donors (Lipinski definition) is 1. The fraction of sp³-hybridized carbons (Fsp3) is 0.875. The molecule has 8 heteroatoms. The minimum absolute atomic E-state index is 0.257. The minimum Gasteiger partial charge on any atom is -0.452 e. The summed E-state index contributed by atoms with van der Waals surface area (Å²) in [5.74, 6) is 0.358. The molecule has 0 heterocycles. The van der Waals surface area contributed by atoms with Crippen LogP contribution in [0.4, 0.5) is 4.79 Å². The van der Waals surface area contributed by atoms with Gasteiger partial charge in [-0.15, -0.1) is 11.6 Å². The number of alkyl halides is 1. The zero-order valence-corrected chi connectivity index (χ0v) is 11.1. The van der Waals surface area contributed by atoms with Crippen molar-refractivity contribution in [1.82, 2.24) is 9.03 Å². The number of halogens is 1. The van der Waals surface area contributed by atoms with Gasteiger partial charge in [0.15, 0.2) is 0 Å². The molecule has 96 valence electrons. The van der Waals surface area contributed by atoms with Crippen LogP contribution in [0.1, 0.15) is 20.3 Å². The molecular weight excluding hydrogens is 256 g/mol. The van der Waals surface area contributed by atoms with Gasteiger partial charge in [0.25, 0.3) is 0 Å². The largest absolute Gasteiger partial charge is 0.452 e. The van der Waals surface area contributed by atoms with E-state index in [2.05, 4.69) is 4.74 Å². The molecular formula is C8H17ClN2O4S. The smallest absolute Gasteiger partial charge is 0.421 e. The number of amides is 1. The fourth-order valence-corrected chi connectivity index (χ4v) is 2.53. The zero-order valence-electron chi connectivity index (χ0n) is 9.57. The lowest BCUT2D eigenvalue weighted by Gasteiger charge is -2.25. The summed E-state index contributed by atoms with van der Waals surface area (Å²) in [4.78, 5) is 10.9. The second-order valence-electron chi connectivity index (χ2n) is 3.35. The number of methoxy groups -OCH3 is 1. The first-order valence-corrected chi connectivity index (χ1v) is 6.76. The van der Waals surface area contributed by atoms with E-state index >= 15 is 0 Å². The van der Waals surface area contributed by atoms with E-state index in [0.717, 1.165) is 11.4 Å². The van der Waals surface area contributed by atoms with Gasteiger partial charge >= 0.3 is 16.3 Å². The average Bonchev–Trinajstić information content (AvgIpc) is 2.16. The Kier molecular flexibility index (Phi) is 6.70. The summed E-state index contributed by atoms with van der Waals surface area (Å²) in [6, 6.07) is -0.259. The normalized spacial score (nSPS) is 11.9. The lowest BCUT2D eigenvalue weighted by atomic mass is 10.4. The molecule has 0 fully saturated rings. The van der Waals surface area contributed by atoms with Crippen molar-refractivity contribution in [2.45, 2.75) is 26.3 Å². The van der Waals surface area contributed by atoms with E-state index in [0.29, 0.717) is 12.3 Å². The molecule has 0 aliphatic heterocycles. The Morgan fingerprint density at radius 1 is 1.50 bits per heavy atom. The Balaban J connectivity index is 4.69. The molecule has 0 aliphatic carbocycles. The highest BCUT2D eigenvalue weighted by Crippen LogP contribution is 2.06. The number of rotatable bonds is 6. The van der Waals surface area contributed by atoms with Crippen LogP contribution in [0.15, 0.2) is 0 Å². The molecule has 0 radical (unpaired) electrons. The molecule has 0 aromatic heterocycles. The first kappa shape index (κ1) is 15.5. The molecule has 1 amide bonds. The number of ether oxygens (including phenoxy) is 1. The number of carbonyl (C=O) groups excluding carboxylic acids is 1. The Morgan fingerprint density at radius 2 is 2.06 bits per heavy atom. The second kappa shape index (κ2) is 6.93. The maximum atomic E-state index is 11.7. The van der Waals surface area contributed by atoms with Crippen molar-refractivity contribution in [2.24, 2.45) is 0 Å². The molecule has 0 bridgehead atoms. The summed E-state index contributed by atoms with van der Waals surface area (Å²) in [5.41, 5.74) is 0. The predicted octanol–water partition coefficient (Wildman–Crippen LogP) is 0.926. The molecule has 0 rings (SSSR count). The number of hydrogen-bond acceptors (Lipinski definition) is 4. The summed E-state index contributed by atoms with van der Waals surface area (Å²) in [5, 5.41) is 0. The third-order valence-corrected chi connectivity index (χ3v) is 3.71. The highest BCUT2D eigenvalue weighted by atomic mass is 35.5. The molecule has 6 nitrogen and oxygen atoms in total. The van der Waals surface area contributed by atoms with Crippen LogP contribution in [0.5, 0.6) is 0 Å². The molecule has 0 saturated heterocycles. The average molecular weight is 273 g/mol. The molecule has 0 saturated carbocycles. The van der Waals surface area contributed by atoms with Crippen molar-refractivity contribution >= 4 is 27.9 Å². The van der Waals surface area contributed by atoms with Crippen LogP contribution >= 0.6 is 11.6 Å². The van der Waals surface area contributed by atoms with E-state index in [-0.39, 0.29) is 12.6 Å². The first-order chi connectivity index (χ1) is 7.35. The van der Waals surface area contributed by atoms with Crippen LogP contribution in [-0.2, 0) is 14.9 Å². The van der Waals surface area contributed by atoms with Crippen LogP contribution < -0.4 is 4.72 Å². The van der Waals surface area contributed by atoms with E-state index in [9.17, 15) is 13.2 Å². The van der Waals surface area contributed by atoms with Crippen molar-refractivity contribution in [3.63, 3.8) is 0 Å². The van der Waals surface area contributed by atoms with E-state index < -0.39 is 16.3 Å².